The number of benzene rings is 1. The van der Waals surface area contributed by atoms with Gasteiger partial charge in [0.15, 0.2) is 0 Å². The van der Waals surface area contributed by atoms with Gasteiger partial charge in [0.25, 0.3) is 0 Å². The number of hydrogen-bond acceptors (Lipinski definition) is 2. The maximum Gasteiger partial charge on any atom is 0.125 e. The average Bonchev–Trinajstić information content (AvgIpc) is 2.35. The molecule has 3 heteroatoms. The largest absolute Gasteiger partial charge is 0.491 e. The van der Waals surface area contributed by atoms with Gasteiger partial charge in [-0.15, -0.1) is 11.6 Å². The minimum atomic E-state index is 0.542. The highest BCUT2D eigenvalue weighted by Crippen LogP contribution is 2.25. The van der Waals surface area contributed by atoms with Crippen molar-refractivity contribution < 1.29 is 9.47 Å². The van der Waals surface area contributed by atoms with Crippen LogP contribution in [0.3, 0.4) is 0 Å². The second kappa shape index (κ2) is 8.44. The molecule has 1 aromatic rings. The first-order valence-electron chi connectivity index (χ1n) is 6.91. The van der Waals surface area contributed by atoms with Crippen LogP contribution in [0.2, 0.25) is 0 Å². The molecule has 0 N–H and O–H groups in total. The number of hydrogen-bond donors (Lipinski definition) is 0. The summed E-state index contributed by atoms with van der Waals surface area (Å²) in [7, 11) is 0. The zero-order valence-electron chi connectivity index (χ0n) is 12.5. The van der Waals surface area contributed by atoms with Crippen molar-refractivity contribution in [3.8, 4) is 5.75 Å². The Morgan fingerprint density at radius 3 is 2.21 bits per heavy atom. The Labute approximate surface area is 122 Å². The molecule has 0 unspecified atom stereocenters. The van der Waals surface area contributed by atoms with E-state index in [0.717, 1.165) is 35.5 Å². The first-order valence-corrected chi connectivity index (χ1v) is 7.44. The molecule has 0 aliphatic carbocycles. The molecule has 108 valence electrons. The maximum absolute atomic E-state index is 5.85. The zero-order chi connectivity index (χ0) is 14.3. The number of halogens is 1. The van der Waals surface area contributed by atoms with Gasteiger partial charge in [0.2, 0.25) is 0 Å². The van der Waals surface area contributed by atoms with Crippen molar-refractivity contribution in [2.24, 2.45) is 5.92 Å². The molecule has 0 heterocycles. The van der Waals surface area contributed by atoms with Crippen LogP contribution in [0.5, 0.6) is 5.75 Å². The van der Waals surface area contributed by atoms with Gasteiger partial charge in [-0.2, -0.15) is 0 Å². The van der Waals surface area contributed by atoms with E-state index < -0.39 is 0 Å². The molecule has 0 saturated heterocycles. The van der Waals surface area contributed by atoms with E-state index in [-0.39, 0.29) is 0 Å². The van der Waals surface area contributed by atoms with E-state index in [9.17, 15) is 0 Å². The Bertz CT molecular complexity index is 365. The van der Waals surface area contributed by atoms with Crippen molar-refractivity contribution in [2.45, 2.75) is 40.0 Å². The van der Waals surface area contributed by atoms with E-state index in [1.807, 2.05) is 0 Å². The third-order valence-electron chi connectivity index (χ3n) is 2.99. The monoisotopic (exact) mass is 284 g/mol. The molecular formula is C16H25ClO2. The smallest absolute Gasteiger partial charge is 0.125 e. The van der Waals surface area contributed by atoms with Crippen molar-refractivity contribution in [1.29, 1.82) is 0 Å². The lowest BCUT2D eigenvalue weighted by Crippen LogP contribution is -2.10. The van der Waals surface area contributed by atoms with Gasteiger partial charge in [-0.1, -0.05) is 26.0 Å². The van der Waals surface area contributed by atoms with E-state index >= 15 is 0 Å². The van der Waals surface area contributed by atoms with Gasteiger partial charge in [0.05, 0.1) is 6.61 Å². The minimum Gasteiger partial charge on any atom is -0.491 e. The Morgan fingerprint density at radius 1 is 1.05 bits per heavy atom. The van der Waals surface area contributed by atoms with E-state index in [2.05, 4.69) is 39.8 Å². The number of ether oxygens (including phenoxy) is 2. The lowest BCUT2D eigenvalue weighted by Gasteiger charge is -2.14. The number of rotatable bonds is 8. The van der Waals surface area contributed by atoms with Crippen molar-refractivity contribution in [3.63, 3.8) is 0 Å². The van der Waals surface area contributed by atoms with E-state index in [4.69, 9.17) is 21.1 Å². The summed E-state index contributed by atoms with van der Waals surface area (Å²) >= 11 is 5.85. The summed E-state index contributed by atoms with van der Waals surface area (Å²) in [4.78, 5) is 0. The van der Waals surface area contributed by atoms with Crippen LogP contribution in [0, 0.1) is 19.8 Å². The Kier molecular flexibility index (Phi) is 7.25. The molecule has 0 aromatic heterocycles. The average molecular weight is 285 g/mol. The third-order valence-corrected chi connectivity index (χ3v) is 3.30. The lowest BCUT2D eigenvalue weighted by molar-refractivity contribution is 0.0921. The van der Waals surface area contributed by atoms with Gasteiger partial charge in [0, 0.05) is 12.5 Å². The number of aryl methyl sites for hydroxylation is 2. The van der Waals surface area contributed by atoms with Crippen LogP contribution in [0.4, 0.5) is 0 Å². The first kappa shape index (κ1) is 16.3. The molecule has 0 aliphatic rings. The summed E-state index contributed by atoms with van der Waals surface area (Å²) in [6.45, 7) is 10.6. The van der Waals surface area contributed by atoms with E-state index in [0.29, 0.717) is 25.0 Å². The molecule has 19 heavy (non-hydrogen) atoms. The van der Waals surface area contributed by atoms with Gasteiger partial charge in [-0.3, -0.25) is 0 Å². The van der Waals surface area contributed by atoms with Gasteiger partial charge >= 0.3 is 0 Å². The quantitative estimate of drug-likeness (QED) is 0.517. The predicted molar refractivity (Wildman–Crippen MR) is 81.2 cm³/mol. The van der Waals surface area contributed by atoms with Crippen molar-refractivity contribution >= 4 is 11.6 Å². The van der Waals surface area contributed by atoms with Gasteiger partial charge in [-0.25, -0.2) is 0 Å². The summed E-state index contributed by atoms with van der Waals surface area (Å²) in [6, 6.07) is 4.16. The van der Waals surface area contributed by atoms with Crippen LogP contribution in [0.1, 0.15) is 37.0 Å². The van der Waals surface area contributed by atoms with Gasteiger partial charge in [0.1, 0.15) is 12.4 Å². The minimum absolute atomic E-state index is 0.542. The van der Waals surface area contributed by atoms with Crippen LogP contribution >= 0.6 is 11.6 Å². The molecule has 0 spiro atoms. The van der Waals surface area contributed by atoms with Crippen molar-refractivity contribution in [3.05, 3.63) is 28.8 Å². The molecule has 2 nitrogen and oxygen atoms in total. The normalized spacial score (nSPS) is 11.1. The van der Waals surface area contributed by atoms with Crippen LogP contribution in [-0.4, -0.2) is 19.8 Å². The summed E-state index contributed by atoms with van der Waals surface area (Å²) in [5.41, 5.74) is 3.41. The first-order chi connectivity index (χ1) is 9.04. The molecule has 0 radical (unpaired) electrons. The lowest BCUT2D eigenvalue weighted by atomic mass is 10.1. The highest BCUT2D eigenvalue weighted by atomic mass is 35.5. The Morgan fingerprint density at radius 2 is 1.68 bits per heavy atom. The summed E-state index contributed by atoms with van der Waals surface area (Å²) in [6.07, 6.45) is 1.10. The van der Waals surface area contributed by atoms with Crippen molar-refractivity contribution in [2.75, 3.05) is 19.8 Å². The Hall–Kier alpha value is -0.730. The van der Waals surface area contributed by atoms with Gasteiger partial charge in [-0.05, 0) is 42.9 Å². The summed E-state index contributed by atoms with van der Waals surface area (Å²) in [5, 5.41) is 0. The van der Waals surface area contributed by atoms with E-state index in [1.54, 1.807) is 0 Å². The fraction of sp³-hybridized carbons (Fsp3) is 0.625. The fourth-order valence-corrected chi connectivity index (χ4v) is 2.12. The predicted octanol–water partition coefficient (Wildman–Crippen LogP) is 4.48. The topological polar surface area (TPSA) is 18.5 Å². The van der Waals surface area contributed by atoms with Crippen LogP contribution in [0.15, 0.2) is 12.1 Å². The summed E-state index contributed by atoms with van der Waals surface area (Å²) in [5.74, 6) is 2.19. The fourth-order valence-electron chi connectivity index (χ4n) is 1.97. The molecule has 0 aliphatic heterocycles. The Balaban J connectivity index is 2.37. The second-order valence-corrected chi connectivity index (χ2v) is 5.60. The molecule has 0 bridgehead atoms. The maximum atomic E-state index is 5.85. The molecule has 0 saturated carbocycles. The molecule has 0 fully saturated rings. The zero-order valence-corrected chi connectivity index (χ0v) is 13.2. The molecule has 0 atom stereocenters. The standard InChI is InChI=1S/C16H25ClO2/c1-12(2)5-6-18-7-8-19-16-13(3)9-15(11-17)10-14(16)4/h9-10,12H,5-8,11H2,1-4H3. The molecular weight excluding hydrogens is 260 g/mol. The highest BCUT2D eigenvalue weighted by molar-refractivity contribution is 6.17. The van der Waals surface area contributed by atoms with Crippen molar-refractivity contribution in [1.82, 2.24) is 0 Å². The third kappa shape index (κ3) is 5.84. The van der Waals surface area contributed by atoms with Crippen LogP contribution in [-0.2, 0) is 10.6 Å². The highest BCUT2D eigenvalue weighted by Gasteiger charge is 2.06. The molecule has 1 aromatic carbocycles. The number of alkyl halides is 1. The summed E-state index contributed by atoms with van der Waals surface area (Å²) < 4.78 is 11.4. The SMILES string of the molecule is Cc1cc(CCl)cc(C)c1OCCOCCC(C)C. The van der Waals surface area contributed by atoms with Crippen LogP contribution < -0.4 is 4.74 Å². The second-order valence-electron chi connectivity index (χ2n) is 5.34. The van der Waals surface area contributed by atoms with Gasteiger partial charge < -0.3 is 9.47 Å². The van der Waals surface area contributed by atoms with E-state index in [1.165, 1.54) is 0 Å². The molecule has 1 rings (SSSR count). The molecule has 0 amide bonds. The van der Waals surface area contributed by atoms with Crippen LogP contribution in [0.25, 0.3) is 0 Å².